The number of anilines is 1. The lowest BCUT2D eigenvalue weighted by molar-refractivity contribution is 0.0776. The summed E-state index contributed by atoms with van der Waals surface area (Å²) in [6.07, 6.45) is 5.54. The van der Waals surface area contributed by atoms with E-state index >= 15 is 0 Å². The van der Waals surface area contributed by atoms with Crippen molar-refractivity contribution in [2.75, 3.05) is 11.9 Å². The van der Waals surface area contributed by atoms with Gasteiger partial charge in [0, 0.05) is 23.2 Å². The molecular formula is C36H27F3N6O3S. The molecule has 246 valence electrons. The van der Waals surface area contributed by atoms with Crippen molar-refractivity contribution >= 4 is 33.1 Å². The largest absolute Gasteiger partial charge is 0.434 e. The molecule has 1 fully saturated rings. The second-order valence-electron chi connectivity index (χ2n) is 12.7. The van der Waals surface area contributed by atoms with Crippen LogP contribution in [0.4, 0.5) is 19.0 Å². The van der Waals surface area contributed by atoms with Gasteiger partial charge in [-0.25, -0.2) is 28.0 Å². The average Bonchev–Trinajstić information content (AvgIpc) is 3.93. The Balaban J connectivity index is 1.21. The van der Waals surface area contributed by atoms with E-state index in [4.69, 9.17) is 9.40 Å². The molecular weight excluding hydrogens is 653 g/mol. The van der Waals surface area contributed by atoms with Crippen molar-refractivity contribution in [3.05, 3.63) is 116 Å². The standard InChI is InChI=1S/C36H27F3N6O3S/c37-20-7-3-17(4-8-20)5-9-25-28(34-43-44-36(47)48-34)29(30-31(41-25)26-2-1-13-45(26)35(30)46)27-15-19-11-12-40-33(32(19)49-27)42-24-10-6-18-14-22(38)23(39)16-21(18)24/h3-4,7-8,11-12,14-16,24,26H,1-2,5-6,9-10,13H2,(H,40,42)(H,44,47)/t24-,26+/m0/s1. The second-order valence-corrected chi connectivity index (χ2v) is 13.7. The third-order valence-corrected chi connectivity index (χ3v) is 11.0. The number of thiophene rings is 1. The first-order chi connectivity index (χ1) is 23.8. The van der Waals surface area contributed by atoms with Crippen LogP contribution in [0.2, 0.25) is 0 Å². The number of carbonyl (C=O) groups excluding carboxylic acids is 1. The van der Waals surface area contributed by atoms with Gasteiger partial charge in [-0.3, -0.25) is 9.78 Å². The molecule has 0 unspecified atom stereocenters. The third-order valence-electron chi connectivity index (χ3n) is 9.81. The van der Waals surface area contributed by atoms with Crippen LogP contribution in [-0.2, 0) is 19.3 Å². The topological polar surface area (TPSA) is 117 Å². The normalized spacial score (nSPS) is 17.9. The lowest BCUT2D eigenvalue weighted by Gasteiger charge is -2.16. The van der Waals surface area contributed by atoms with Crippen LogP contribution in [0.3, 0.4) is 0 Å². The van der Waals surface area contributed by atoms with Crippen molar-refractivity contribution in [3.63, 3.8) is 0 Å². The first kappa shape index (κ1) is 29.8. The average molecular weight is 681 g/mol. The zero-order valence-electron chi connectivity index (χ0n) is 25.9. The Morgan fingerprint density at radius 3 is 2.63 bits per heavy atom. The summed E-state index contributed by atoms with van der Waals surface area (Å²) in [5.41, 5.74) is 5.17. The maximum atomic E-state index is 14.2. The Bertz CT molecular complexity index is 2370. The summed E-state index contributed by atoms with van der Waals surface area (Å²) in [4.78, 5) is 38.7. The number of aryl methyl sites for hydroxylation is 3. The first-order valence-corrected chi connectivity index (χ1v) is 17.0. The fraction of sp³-hybridized carbons (Fsp3) is 0.250. The van der Waals surface area contributed by atoms with E-state index in [9.17, 15) is 22.8 Å². The second kappa shape index (κ2) is 11.4. The highest BCUT2D eigenvalue weighted by atomic mass is 32.1. The first-order valence-electron chi connectivity index (χ1n) is 16.1. The molecule has 13 heteroatoms. The molecule has 1 aliphatic carbocycles. The van der Waals surface area contributed by atoms with Gasteiger partial charge < -0.3 is 14.6 Å². The molecule has 2 aliphatic heterocycles. The van der Waals surface area contributed by atoms with E-state index in [1.165, 1.54) is 35.6 Å². The van der Waals surface area contributed by atoms with Gasteiger partial charge in [0.15, 0.2) is 11.6 Å². The smallest absolute Gasteiger partial charge is 0.388 e. The van der Waals surface area contributed by atoms with Gasteiger partial charge in [-0.05, 0) is 97.0 Å². The van der Waals surface area contributed by atoms with Crippen molar-refractivity contribution in [2.45, 2.75) is 50.6 Å². The maximum absolute atomic E-state index is 14.2. The number of rotatable bonds is 7. The molecule has 0 spiro atoms. The van der Waals surface area contributed by atoms with Crippen LogP contribution in [0.15, 0.2) is 63.9 Å². The molecule has 6 heterocycles. The van der Waals surface area contributed by atoms with Crippen molar-refractivity contribution in [3.8, 4) is 21.9 Å². The van der Waals surface area contributed by atoms with Crippen molar-refractivity contribution in [1.29, 1.82) is 0 Å². The zero-order valence-corrected chi connectivity index (χ0v) is 26.7. The number of aromatic nitrogens is 4. The fourth-order valence-corrected chi connectivity index (χ4v) is 8.73. The molecule has 0 bridgehead atoms. The molecule has 2 N–H and O–H groups in total. The van der Waals surface area contributed by atoms with Gasteiger partial charge in [0.2, 0.25) is 0 Å². The summed E-state index contributed by atoms with van der Waals surface area (Å²) in [6, 6.07) is 12.2. The van der Waals surface area contributed by atoms with E-state index in [0.29, 0.717) is 71.7 Å². The van der Waals surface area contributed by atoms with Crippen molar-refractivity contribution in [2.24, 2.45) is 0 Å². The maximum Gasteiger partial charge on any atom is 0.434 e. The van der Waals surface area contributed by atoms with Gasteiger partial charge in [0.25, 0.3) is 11.8 Å². The summed E-state index contributed by atoms with van der Waals surface area (Å²) in [5.74, 6) is -2.34. The Morgan fingerprint density at radius 1 is 0.980 bits per heavy atom. The Kier molecular flexibility index (Phi) is 6.94. The molecule has 0 radical (unpaired) electrons. The fourth-order valence-electron chi connectivity index (χ4n) is 7.56. The van der Waals surface area contributed by atoms with Crippen LogP contribution in [0.1, 0.15) is 69.8 Å². The highest BCUT2D eigenvalue weighted by molar-refractivity contribution is 7.23. The lowest BCUT2D eigenvalue weighted by Crippen LogP contribution is -2.22. The Labute approximate surface area is 280 Å². The van der Waals surface area contributed by atoms with E-state index in [-0.39, 0.29) is 29.7 Å². The third kappa shape index (κ3) is 4.94. The minimum absolute atomic E-state index is 0.0232. The van der Waals surface area contributed by atoms with Crippen LogP contribution in [0.5, 0.6) is 0 Å². The van der Waals surface area contributed by atoms with E-state index in [0.717, 1.165) is 38.9 Å². The summed E-state index contributed by atoms with van der Waals surface area (Å²) in [7, 11) is 0. The number of aromatic amines is 1. The number of nitrogens with one attached hydrogen (secondary N) is 2. The van der Waals surface area contributed by atoms with Gasteiger partial charge >= 0.3 is 5.76 Å². The van der Waals surface area contributed by atoms with Crippen LogP contribution in [-0.4, -0.2) is 37.5 Å². The van der Waals surface area contributed by atoms with Crippen LogP contribution in [0, 0.1) is 17.5 Å². The zero-order chi connectivity index (χ0) is 33.4. The van der Waals surface area contributed by atoms with Crippen molar-refractivity contribution in [1.82, 2.24) is 25.1 Å². The summed E-state index contributed by atoms with van der Waals surface area (Å²) >= 11 is 1.43. The summed E-state index contributed by atoms with van der Waals surface area (Å²) in [5, 5.41) is 10.9. The molecule has 2 atom stereocenters. The number of amides is 1. The highest BCUT2D eigenvalue weighted by Crippen LogP contribution is 2.50. The van der Waals surface area contributed by atoms with Crippen LogP contribution >= 0.6 is 11.3 Å². The predicted molar refractivity (Wildman–Crippen MR) is 177 cm³/mol. The molecule has 9 nitrogen and oxygen atoms in total. The monoisotopic (exact) mass is 680 g/mol. The molecule has 3 aliphatic rings. The van der Waals surface area contributed by atoms with E-state index in [1.807, 2.05) is 17.0 Å². The number of benzene rings is 2. The number of halogens is 3. The van der Waals surface area contributed by atoms with Crippen LogP contribution < -0.4 is 11.1 Å². The highest BCUT2D eigenvalue weighted by Gasteiger charge is 2.45. The predicted octanol–water partition coefficient (Wildman–Crippen LogP) is 7.29. The number of fused-ring (bicyclic) bond motifs is 5. The summed E-state index contributed by atoms with van der Waals surface area (Å²) in [6.45, 7) is 0.620. The molecule has 2 aromatic carbocycles. The van der Waals surface area contributed by atoms with E-state index in [2.05, 4.69) is 20.5 Å². The van der Waals surface area contributed by atoms with Gasteiger partial charge in [0.1, 0.15) is 11.6 Å². The number of nitrogens with zero attached hydrogens (tertiary/aromatic N) is 4. The number of hydrogen-bond acceptors (Lipinski definition) is 8. The van der Waals surface area contributed by atoms with E-state index in [1.54, 1.807) is 18.3 Å². The van der Waals surface area contributed by atoms with E-state index < -0.39 is 17.4 Å². The van der Waals surface area contributed by atoms with Gasteiger partial charge in [-0.1, -0.05) is 12.1 Å². The molecule has 0 saturated carbocycles. The van der Waals surface area contributed by atoms with Gasteiger partial charge in [-0.15, -0.1) is 16.4 Å². The van der Waals surface area contributed by atoms with Gasteiger partial charge in [0.05, 0.1) is 39.3 Å². The minimum Gasteiger partial charge on any atom is -0.388 e. The number of carbonyl (C=O) groups is 1. The molecule has 49 heavy (non-hydrogen) atoms. The lowest BCUT2D eigenvalue weighted by atomic mass is 9.93. The Hall–Kier alpha value is -5.30. The molecule has 4 aromatic heterocycles. The van der Waals surface area contributed by atoms with Crippen LogP contribution in [0.25, 0.3) is 32.0 Å². The van der Waals surface area contributed by atoms with Crippen molar-refractivity contribution < 1.29 is 22.4 Å². The Morgan fingerprint density at radius 2 is 1.82 bits per heavy atom. The SMILES string of the molecule is O=C1c2c(nc(CCc3ccc(F)cc3)c(-c3n[nH]c(=O)o3)c2-c2cc3ccnc(N[C@H]4CCc5cc(F)c(F)cc54)c3s2)[C@H]2CCCN12. The molecule has 9 rings (SSSR count). The number of hydrogen-bond donors (Lipinski definition) is 2. The number of pyridine rings is 2. The molecule has 6 aromatic rings. The number of H-pyrrole nitrogens is 1. The summed E-state index contributed by atoms with van der Waals surface area (Å²) < 4.78 is 48.2. The minimum atomic E-state index is -0.887. The molecule has 1 amide bonds. The molecule has 1 saturated heterocycles. The van der Waals surface area contributed by atoms with Gasteiger partial charge in [-0.2, -0.15) is 0 Å². The quantitative estimate of drug-likeness (QED) is 0.182.